The first-order chi connectivity index (χ1) is 11.6. The molecule has 122 valence electrons. The Kier molecular flexibility index (Phi) is 5.27. The number of rotatable bonds is 5. The molecular formula is C18H17N3OS2. The highest BCUT2D eigenvalue weighted by atomic mass is 32.2. The molecule has 3 rings (SSSR count). The third-order valence-electron chi connectivity index (χ3n) is 3.57. The van der Waals surface area contributed by atoms with Gasteiger partial charge in [0.15, 0.2) is 5.13 Å². The molecule has 4 nitrogen and oxygen atoms in total. The second-order valence-corrected chi connectivity index (χ2v) is 7.26. The van der Waals surface area contributed by atoms with Gasteiger partial charge in [0.25, 0.3) is 0 Å². The van der Waals surface area contributed by atoms with Crippen molar-refractivity contribution < 1.29 is 4.79 Å². The van der Waals surface area contributed by atoms with Crippen LogP contribution in [0.5, 0.6) is 0 Å². The largest absolute Gasteiger partial charge is 0.301 e. The van der Waals surface area contributed by atoms with E-state index in [-0.39, 0.29) is 5.91 Å². The lowest BCUT2D eigenvalue weighted by atomic mass is 10.1. The number of aromatic nitrogens is 2. The van der Waals surface area contributed by atoms with Crippen LogP contribution < -0.4 is 5.32 Å². The lowest BCUT2D eigenvalue weighted by Crippen LogP contribution is -2.13. The number of nitrogens with zero attached hydrogens (tertiary/aromatic N) is 2. The number of amides is 1. The van der Waals surface area contributed by atoms with Gasteiger partial charge in [-0.15, -0.1) is 23.1 Å². The molecule has 1 aromatic carbocycles. The minimum absolute atomic E-state index is 0.0474. The molecule has 0 radical (unpaired) electrons. The zero-order valence-electron chi connectivity index (χ0n) is 13.4. The van der Waals surface area contributed by atoms with Crippen molar-refractivity contribution in [2.24, 2.45) is 0 Å². The van der Waals surface area contributed by atoms with Gasteiger partial charge < -0.3 is 5.32 Å². The number of aryl methyl sites for hydroxylation is 2. The fourth-order valence-corrected chi connectivity index (χ4v) is 3.62. The molecule has 6 heteroatoms. The van der Waals surface area contributed by atoms with E-state index in [0.29, 0.717) is 10.9 Å². The Morgan fingerprint density at radius 3 is 2.71 bits per heavy atom. The van der Waals surface area contributed by atoms with Crippen molar-refractivity contribution in [1.29, 1.82) is 0 Å². The molecule has 0 aliphatic heterocycles. The number of nitrogens with one attached hydrogen (secondary N) is 1. The predicted octanol–water partition coefficient (Wildman–Crippen LogP) is 4.55. The highest BCUT2D eigenvalue weighted by molar-refractivity contribution is 8.00. The van der Waals surface area contributed by atoms with E-state index in [1.165, 1.54) is 34.2 Å². The molecule has 0 spiro atoms. The highest BCUT2D eigenvalue weighted by Crippen LogP contribution is 2.25. The smallest absolute Gasteiger partial charge is 0.236 e. The number of thiazole rings is 1. The van der Waals surface area contributed by atoms with Gasteiger partial charge in [0, 0.05) is 28.2 Å². The molecule has 1 amide bonds. The van der Waals surface area contributed by atoms with Crippen LogP contribution in [0.15, 0.2) is 53.0 Å². The molecule has 3 aromatic rings. The average molecular weight is 355 g/mol. The summed E-state index contributed by atoms with van der Waals surface area (Å²) in [7, 11) is 0. The van der Waals surface area contributed by atoms with Gasteiger partial charge in [0.1, 0.15) is 0 Å². The minimum atomic E-state index is -0.0474. The van der Waals surface area contributed by atoms with Crippen molar-refractivity contribution in [1.82, 2.24) is 9.97 Å². The van der Waals surface area contributed by atoms with Crippen LogP contribution >= 0.6 is 23.1 Å². The molecule has 0 aliphatic rings. The SMILES string of the molecule is Cc1ccc(SCC(=O)Nc2nc(-c3ccncc3)cs2)cc1C. The van der Waals surface area contributed by atoms with Crippen LogP contribution in [0.2, 0.25) is 0 Å². The maximum Gasteiger partial charge on any atom is 0.236 e. The first-order valence-corrected chi connectivity index (χ1v) is 9.34. The lowest BCUT2D eigenvalue weighted by molar-refractivity contribution is -0.113. The monoisotopic (exact) mass is 355 g/mol. The molecule has 0 unspecified atom stereocenters. The minimum Gasteiger partial charge on any atom is -0.301 e. The number of carbonyl (C=O) groups excluding carboxylic acids is 1. The van der Waals surface area contributed by atoms with E-state index >= 15 is 0 Å². The lowest BCUT2D eigenvalue weighted by Gasteiger charge is -2.05. The summed E-state index contributed by atoms with van der Waals surface area (Å²) >= 11 is 2.96. The molecule has 2 aromatic heterocycles. The van der Waals surface area contributed by atoms with E-state index in [1.807, 2.05) is 23.6 Å². The Balaban J connectivity index is 1.57. The van der Waals surface area contributed by atoms with E-state index in [0.717, 1.165) is 16.2 Å². The van der Waals surface area contributed by atoms with Crippen molar-refractivity contribution >= 4 is 34.1 Å². The number of anilines is 1. The molecule has 0 fully saturated rings. The Morgan fingerprint density at radius 1 is 1.17 bits per heavy atom. The number of benzene rings is 1. The Bertz CT molecular complexity index is 846. The summed E-state index contributed by atoms with van der Waals surface area (Å²) < 4.78 is 0. The quantitative estimate of drug-likeness (QED) is 0.682. The standard InChI is InChI=1S/C18H17N3OS2/c1-12-3-4-15(9-13(12)2)23-11-17(22)21-18-20-16(10-24-18)14-5-7-19-8-6-14/h3-10H,11H2,1-2H3,(H,20,21,22). The van der Waals surface area contributed by atoms with Gasteiger partial charge in [-0.25, -0.2) is 4.98 Å². The summed E-state index contributed by atoms with van der Waals surface area (Å²) in [6, 6.07) is 10.0. The summed E-state index contributed by atoms with van der Waals surface area (Å²) in [5.74, 6) is 0.320. The van der Waals surface area contributed by atoms with E-state index in [1.54, 1.807) is 12.4 Å². The maximum absolute atomic E-state index is 12.1. The number of pyridine rings is 1. The summed E-state index contributed by atoms with van der Waals surface area (Å²) in [6.45, 7) is 4.16. The molecule has 2 heterocycles. The second kappa shape index (κ2) is 7.59. The van der Waals surface area contributed by atoms with Crippen molar-refractivity contribution in [3.8, 4) is 11.3 Å². The molecule has 0 saturated carbocycles. The predicted molar refractivity (Wildman–Crippen MR) is 101 cm³/mol. The molecule has 0 aliphatic carbocycles. The first-order valence-electron chi connectivity index (χ1n) is 7.47. The van der Waals surface area contributed by atoms with Crippen molar-refractivity contribution in [3.05, 3.63) is 59.2 Å². The zero-order chi connectivity index (χ0) is 16.9. The fraction of sp³-hybridized carbons (Fsp3) is 0.167. The van der Waals surface area contributed by atoms with Gasteiger partial charge in [-0.05, 0) is 49.2 Å². The summed E-state index contributed by atoms with van der Waals surface area (Å²) in [5, 5.41) is 5.41. The summed E-state index contributed by atoms with van der Waals surface area (Å²) in [5.41, 5.74) is 4.34. The Morgan fingerprint density at radius 2 is 1.96 bits per heavy atom. The van der Waals surface area contributed by atoms with E-state index in [9.17, 15) is 4.79 Å². The van der Waals surface area contributed by atoms with Gasteiger partial charge >= 0.3 is 0 Å². The van der Waals surface area contributed by atoms with E-state index < -0.39 is 0 Å². The van der Waals surface area contributed by atoms with Crippen LogP contribution in [0.4, 0.5) is 5.13 Å². The van der Waals surface area contributed by atoms with Crippen LogP contribution in [-0.4, -0.2) is 21.6 Å². The summed E-state index contributed by atoms with van der Waals surface area (Å²) in [6.07, 6.45) is 3.46. The van der Waals surface area contributed by atoms with Crippen molar-refractivity contribution in [2.75, 3.05) is 11.1 Å². The van der Waals surface area contributed by atoms with Crippen LogP contribution in [0.3, 0.4) is 0 Å². The molecular weight excluding hydrogens is 338 g/mol. The molecule has 0 saturated heterocycles. The normalized spacial score (nSPS) is 10.6. The maximum atomic E-state index is 12.1. The Labute approximate surface area is 149 Å². The van der Waals surface area contributed by atoms with Gasteiger partial charge in [-0.1, -0.05) is 6.07 Å². The van der Waals surface area contributed by atoms with Gasteiger partial charge in [-0.3, -0.25) is 9.78 Å². The van der Waals surface area contributed by atoms with Gasteiger partial charge in [0.05, 0.1) is 11.4 Å². The molecule has 24 heavy (non-hydrogen) atoms. The van der Waals surface area contributed by atoms with Crippen LogP contribution in [0, 0.1) is 13.8 Å². The number of thioether (sulfide) groups is 1. The Hall–Kier alpha value is -2.18. The average Bonchev–Trinajstić information content (AvgIpc) is 3.05. The van der Waals surface area contributed by atoms with E-state index in [4.69, 9.17) is 0 Å². The zero-order valence-corrected chi connectivity index (χ0v) is 15.1. The van der Waals surface area contributed by atoms with Gasteiger partial charge in [-0.2, -0.15) is 0 Å². The summed E-state index contributed by atoms with van der Waals surface area (Å²) in [4.78, 5) is 21.7. The third-order valence-corrected chi connectivity index (χ3v) is 5.33. The second-order valence-electron chi connectivity index (χ2n) is 5.36. The van der Waals surface area contributed by atoms with Crippen molar-refractivity contribution in [2.45, 2.75) is 18.7 Å². The topological polar surface area (TPSA) is 54.9 Å². The van der Waals surface area contributed by atoms with Crippen molar-refractivity contribution in [3.63, 3.8) is 0 Å². The molecule has 0 atom stereocenters. The van der Waals surface area contributed by atoms with Gasteiger partial charge in [0.2, 0.25) is 5.91 Å². The molecule has 1 N–H and O–H groups in total. The number of carbonyl (C=O) groups is 1. The molecule has 0 bridgehead atoms. The van der Waals surface area contributed by atoms with Crippen LogP contribution in [0.1, 0.15) is 11.1 Å². The van der Waals surface area contributed by atoms with Crippen LogP contribution in [0.25, 0.3) is 11.3 Å². The van der Waals surface area contributed by atoms with E-state index in [2.05, 4.69) is 41.3 Å². The fourth-order valence-electron chi connectivity index (χ4n) is 2.09. The number of hydrogen-bond donors (Lipinski definition) is 1. The highest BCUT2D eigenvalue weighted by Gasteiger charge is 2.09. The number of hydrogen-bond acceptors (Lipinski definition) is 5. The third kappa shape index (κ3) is 4.21. The van der Waals surface area contributed by atoms with Crippen LogP contribution in [-0.2, 0) is 4.79 Å². The first kappa shape index (κ1) is 16.7.